The Hall–Kier alpha value is -0.810. The summed E-state index contributed by atoms with van der Waals surface area (Å²) >= 11 is 0. The Morgan fingerprint density at radius 3 is 2.47 bits per heavy atom. The molecule has 1 atom stereocenters. The third-order valence-corrected chi connectivity index (χ3v) is 1.81. The van der Waals surface area contributed by atoms with Crippen LogP contribution in [-0.2, 0) is 14.3 Å². The molecule has 0 saturated carbocycles. The molecule has 0 aromatic carbocycles. The second-order valence-corrected chi connectivity index (χ2v) is 3.08. The van der Waals surface area contributed by atoms with Crippen LogP contribution in [0.1, 0.15) is 13.3 Å². The Bertz CT molecular complexity index is 200. The van der Waals surface area contributed by atoms with E-state index in [1.807, 2.05) is 6.92 Å². The van der Waals surface area contributed by atoms with Gasteiger partial charge >= 0.3 is 5.97 Å². The Morgan fingerprint density at radius 1 is 1.40 bits per heavy atom. The normalized spacial score (nSPS) is 11.1. The summed E-state index contributed by atoms with van der Waals surface area (Å²) in [4.78, 5) is 22.0. The highest BCUT2D eigenvalue weighted by Crippen LogP contribution is 1.92. The van der Waals surface area contributed by atoms with Crippen molar-refractivity contribution in [1.82, 2.24) is 10.6 Å². The summed E-state index contributed by atoms with van der Waals surface area (Å²) in [5.41, 5.74) is 0. The molecule has 5 nitrogen and oxygen atoms in total. The number of carbonyl (C=O) groups excluding carboxylic acids is 2. The minimum Gasteiger partial charge on any atom is -0.469 e. The zero-order valence-electron chi connectivity index (χ0n) is 9.33. The standard InChI is InChI=1S/C9H18N2O3.ClH/c1-7(6-10-2)9(13)11-5-4-8(12)14-3;/h7,10H,4-6H2,1-3H3,(H,11,13);1H. The van der Waals surface area contributed by atoms with Gasteiger partial charge in [-0.2, -0.15) is 0 Å². The summed E-state index contributed by atoms with van der Waals surface area (Å²) < 4.78 is 4.44. The zero-order chi connectivity index (χ0) is 11.0. The molecule has 0 fully saturated rings. The minimum absolute atomic E-state index is 0. The molecule has 0 radical (unpaired) electrons. The number of nitrogens with one attached hydrogen (secondary N) is 2. The molecule has 6 heteroatoms. The van der Waals surface area contributed by atoms with E-state index >= 15 is 0 Å². The van der Waals surface area contributed by atoms with Gasteiger partial charge < -0.3 is 15.4 Å². The van der Waals surface area contributed by atoms with Gasteiger partial charge in [0.05, 0.1) is 13.5 Å². The van der Waals surface area contributed by atoms with E-state index in [0.717, 1.165) is 0 Å². The van der Waals surface area contributed by atoms with Crippen LogP contribution in [0.25, 0.3) is 0 Å². The molecule has 0 saturated heterocycles. The second kappa shape index (κ2) is 9.73. The average molecular weight is 239 g/mol. The number of ether oxygens (including phenoxy) is 1. The highest BCUT2D eigenvalue weighted by molar-refractivity contribution is 5.85. The van der Waals surface area contributed by atoms with Crippen molar-refractivity contribution in [3.63, 3.8) is 0 Å². The van der Waals surface area contributed by atoms with Crippen LogP contribution in [-0.4, -0.2) is 39.1 Å². The summed E-state index contributed by atoms with van der Waals surface area (Å²) in [6.07, 6.45) is 0.217. The largest absolute Gasteiger partial charge is 0.469 e. The van der Waals surface area contributed by atoms with Crippen LogP contribution >= 0.6 is 12.4 Å². The summed E-state index contributed by atoms with van der Waals surface area (Å²) in [5.74, 6) is -0.451. The van der Waals surface area contributed by atoms with Gasteiger partial charge in [-0.3, -0.25) is 9.59 Å². The smallest absolute Gasteiger partial charge is 0.307 e. The molecule has 15 heavy (non-hydrogen) atoms. The fraction of sp³-hybridized carbons (Fsp3) is 0.778. The summed E-state index contributed by atoms with van der Waals surface area (Å²) in [5, 5.41) is 5.56. The maximum Gasteiger partial charge on any atom is 0.307 e. The van der Waals surface area contributed by atoms with Gasteiger partial charge in [0.25, 0.3) is 0 Å². The van der Waals surface area contributed by atoms with Gasteiger partial charge in [0.1, 0.15) is 0 Å². The lowest BCUT2D eigenvalue weighted by molar-refractivity contribution is -0.140. The highest BCUT2D eigenvalue weighted by Gasteiger charge is 2.11. The molecular weight excluding hydrogens is 220 g/mol. The molecule has 0 bridgehead atoms. The van der Waals surface area contributed by atoms with Gasteiger partial charge in [-0.05, 0) is 7.05 Å². The molecule has 90 valence electrons. The first kappa shape index (κ1) is 16.6. The maximum absolute atomic E-state index is 11.3. The first-order valence-corrected chi connectivity index (χ1v) is 4.61. The van der Waals surface area contributed by atoms with Gasteiger partial charge in [-0.25, -0.2) is 0 Å². The van der Waals surface area contributed by atoms with Crippen molar-refractivity contribution in [2.45, 2.75) is 13.3 Å². The number of esters is 1. The van der Waals surface area contributed by atoms with Crippen molar-refractivity contribution >= 4 is 24.3 Å². The summed E-state index contributed by atoms with van der Waals surface area (Å²) in [6, 6.07) is 0. The van der Waals surface area contributed by atoms with E-state index in [1.54, 1.807) is 7.05 Å². The van der Waals surface area contributed by atoms with Crippen molar-refractivity contribution in [2.75, 3.05) is 27.2 Å². The van der Waals surface area contributed by atoms with Crippen LogP contribution in [0.15, 0.2) is 0 Å². The molecule has 1 amide bonds. The van der Waals surface area contributed by atoms with Gasteiger partial charge in [-0.15, -0.1) is 12.4 Å². The van der Waals surface area contributed by atoms with Crippen LogP contribution in [0.3, 0.4) is 0 Å². The van der Waals surface area contributed by atoms with E-state index < -0.39 is 0 Å². The molecular formula is C9H19ClN2O3. The lowest BCUT2D eigenvalue weighted by atomic mass is 10.1. The average Bonchev–Trinajstić information content (AvgIpc) is 2.17. The second-order valence-electron chi connectivity index (χ2n) is 3.08. The van der Waals surface area contributed by atoms with E-state index in [2.05, 4.69) is 15.4 Å². The van der Waals surface area contributed by atoms with Crippen LogP contribution in [0.4, 0.5) is 0 Å². The fourth-order valence-corrected chi connectivity index (χ4v) is 0.963. The first-order valence-electron chi connectivity index (χ1n) is 4.61. The van der Waals surface area contributed by atoms with Crippen molar-refractivity contribution in [2.24, 2.45) is 5.92 Å². The molecule has 0 heterocycles. The first-order chi connectivity index (χ1) is 6.61. The number of hydrogen-bond acceptors (Lipinski definition) is 4. The maximum atomic E-state index is 11.3. The Balaban J connectivity index is 0. The fourth-order valence-electron chi connectivity index (χ4n) is 0.963. The van der Waals surface area contributed by atoms with Gasteiger partial charge in [0.15, 0.2) is 0 Å². The molecule has 2 N–H and O–H groups in total. The molecule has 0 spiro atoms. The molecule has 0 aromatic rings. The Morgan fingerprint density at radius 2 is 2.00 bits per heavy atom. The van der Waals surface area contributed by atoms with Crippen molar-refractivity contribution in [3.8, 4) is 0 Å². The third-order valence-electron chi connectivity index (χ3n) is 1.81. The zero-order valence-corrected chi connectivity index (χ0v) is 10.1. The number of carbonyl (C=O) groups is 2. The van der Waals surface area contributed by atoms with Crippen molar-refractivity contribution in [1.29, 1.82) is 0 Å². The van der Waals surface area contributed by atoms with Crippen LogP contribution in [0.5, 0.6) is 0 Å². The summed E-state index contributed by atoms with van der Waals surface area (Å²) in [6.45, 7) is 2.79. The SMILES string of the molecule is CNCC(C)C(=O)NCCC(=O)OC.Cl. The molecule has 1 unspecified atom stereocenters. The van der Waals surface area contributed by atoms with Crippen LogP contribution in [0.2, 0.25) is 0 Å². The van der Waals surface area contributed by atoms with E-state index in [-0.39, 0.29) is 36.6 Å². The van der Waals surface area contributed by atoms with E-state index in [4.69, 9.17) is 0 Å². The number of rotatable bonds is 6. The lowest BCUT2D eigenvalue weighted by Gasteiger charge is -2.10. The quantitative estimate of drug-likeness (QED) is 0.637. The number of methoxy groups -OCH3 is 1. The predicted octanol–water partition coefficient (Wildman–Crippen LogP) is -0.0570. The van der Waals surface area contributed by atoms with Crippen molar-refractivity contribution in [3.05, 3.63) is 0 Å². The molecule has 0 aliphatic carbocycles. The van der Waals surface area contributed by atoms with Crippen LogP contribution < -0.4 is 10.6 Å². The van der Waals surface area contributed by atoms with Crippen molar-refractivity contribution < 1.29 is 14.3 Å². The van der Waals surface area contributed by atoms with Crippen LogP contribution in [0, 0.1) is 5.92 Å². The predicted molar refractivity (Wildman–Crippen MR) is 60.0 cm³/mol. The Kier molecular flexibility index (Phi) is 10.8. The highest BCUT2D eigenvalue weighted by atomic mass is 35.5. The summed E-state index contributed by atoms with van der Waals surface area (Å²) in [7, 11) is 3.12. The third kappa shape index (κ3) is 8.20. The number of amides is 1. The van der Waals surface area contributed by atoms with Gasteiger partial charge in [0, 0.05) is 19.0 Å². The lowest BCUT2D eigenvalue weighted by Crippen LogP contribution is -2.35. The molecule has 0 aromatic heterocycles. The Labute approximate surface area is 96.3 Å². The van der Waals surface area contributed by atoms with Gasteiger partial charge in [0.2, 0.25) is 5.91 Å². The van der Waals surface area contributed by atoms with Gasteiger partial charge in [-0.1, -0.05) is 6.92 Å². The van der Waals surface area contributed by atoms with E-state index in [0.29, 0.717) is 13.1 Å². The number of hydrogen-bond donors (Lipinski definition) is 2. The number of halogens is 1. The molecule has 0 rings (SSSR count). The van der Waals surface area contributed by atoms with E-state index in [9.17, 15) is 9.59 Å². The molecule has 0 aliphatic heterocycles. The monoisotopic (exact) mass is 238 g/mol. The topological polar surface area (TPSA) is 67.4 Å². The molecule has 0 aliphatic rings. The van der Waals surface area contributed by atoms with E-state index in [1.165, 1.54) is 7.11 Å². The minimum atomic E-state index is -0.313.